The molecule has 0 aromatic heterocycles. The van der Waals surface area contributed by atoms with Crippen LogP contribution in [0.25, 0.3) is 0 Å². The van der Waals surface area contributed by atoms with E-state index in [2.05, 4.69) is 5.32 Å². The van der Waals surface area contributed by atoms with Crippen LogP contribution in [-0.4, -0.2) is 17.2 Å². The summed E-state index contributed by atoms with van der Waals surface area (Å²) in [5.41, 5.74) is 4.88. The Hall–Kier alpha value is -1.37. The zero-order valence-corrected chi connectivity index (χ0v) is 11.6. The fourth-order valence-corrected chi connectivity index (χ4v) is 2.52. The second kappa shape index (κ2) is 5.55. The van der Waals surface area contributed by atoms with Crippen molar-refractivity contribution in [3.63, 3.8) is 0 Å². The molecule has 1 saturated carbocycles. The van der Waals surface area contributed by atoms with E-state index in [1.807, 2.05) is 0 Å². The summed E-state index contributed by atoms with van der Waals surface area (Å²) in [6, 6.07) is 3.44. The molecule has 0 saturated heterocycles. The molecule has 1 aromatic carbocycles. The number of nitrogens with one attached hydrogen (secondary N) is 1. The Morgan fingerprint density at radius 1 is 1.45 bits per heavy atom. The first-order chi connectivity index (χ1) is 9.27. The van der Waals surface area contributed by atoms with Crippen LogP contribution in [-0.2, 0) is 11.0 Å². The normalized spacial score (nSPS) is 16.8. The Kier molecular flexibility index (Phi) is 4.17. The molecule has 1 atom stereocenters. The fourth-order valence-electron chi connectivity index (χ4n) is 1.62. The second-order valence-electron chi connectivity index (χ2n) is 4.79. The molecule has 0 heterocycles. The van der Waals surface area contributed by atoms with Crippen molar-refractivity contribution in [2.75, 3.05) is 5.73 Å². The smallest absolute Gasteiger partial charge is 0.398 e. The average molecular weight is 304 g/mol. The number of hydrogen-bond acceptors (Lipinski definition) is 3. The molecule has 20 heavy (non-hydrogen) atoms. The first kappa shape index (κ1) is 15.0. The largest absolute Gasteiger partial charge is 0.416 e. The van der Waals surface area contributed by atoms with Crippen molar-refractivity contribution in [1.82, 2.24) is 5.32 Å². The van der Waals surface area contributed by atoms with E-state index in [1.54, 1.807) is 6.92 Å². The Morgan fingerprint density at radius 3 is 2.60 bits per heavy atom. The maximum absolute atomic E-state index is 12.5. The monoisotopic (exact) mass is 304 g/mol. The molecule has 1 aliphatic rings. The third kappa shape index (κ3) is 3.82. The summed E-state index contributed by atoms with van der Waals surface area (Å²) in [5, 5.41) is 2.45. The van der Waals surface area contributed by atoms with Gasteiger partial charge in [0, 0.05) is 16.6 Å². The summed E-state index contributed by atoms with van der Waals surface area (Å²) in [7, 11) is 0. The van der Waals surface area contributed by atoms with Crippen molar-refractivity contribution in [2.45, 2.75) is 42.1 Å². The number of rotatable bonds is 4. The van der Waals surface area contributed by atoms with Gasteiger partial charge >= 0.3 is 6.18 Å². The number of halogens is 3. The lowest BCUT2D eigenvalue weighted by Gasteiger charge is -2.14. The number of carbonyl (C=O) groups is 1. The van der Waals surface area contributed by atoms with Crippen LogP contribution in [0.15, 0.2) is 23.1 Å². The van der Waals surface area contributed by atoms with Gasteiger partial charge in [0.05, 0.1) is 10.8 Å². The maximum Gasteiger partial charge on any atom is 0.416 e. The Bertz CT molecular complexity index is 515. The van der Waals surface area contributed by atoms with Crippen LogP contribution in [0.3, 0.4) is 0 Å². The van der Waals surface area contributed by atoms with Crippen LogP contribution >= 0.6 is 11.8 Å². The van der Waals surface area contributed by atoms with Gasteiger partial charge in [0.25, 0.3) is 0 Å². The number of carbonyl (C=O) groups excluding carboxylic acids is 1. The van der Waals surface area contributed by atoms with Gasteiger partial charge in [-0.1, -0.05) is 0 Å². The van der Waals surface area contributed by atoms with E-state index in [0.29, 0.717) is 4.90 Å². The van der Waals surface area contributed by atoms with Gasteiger partial charge in [-0.3, -0.25) is 4.79 Å². The Labute approximate surface area is 119 Å². The number of hydrogen-bond donors (Lipinski definition) is 2. The van der Waals surface area contributed by atoms with Crippen LogP contribution in [0.5, 0.6) is 0 Å². The van der Waals surface area contributed by atoms with Gasteiger partial charge in [0.15, 0.2) is 0 Å². The van der Waals surface area contributed by atoms with Crippen LogP contribution in [0.4, 0.5) is 18.9 Å². The quantitative estimate of drug-likeness (QED) is 0.664. The molecule has 7 heteroatoms. The fraction of sp³-hybridized carbons (Fsp3) is 0.462. The predicted octanol–water partition coefficient (Wildman–Crippen LogP) is 3.05. The molecule has 1 aromatic rings. The molecular formula is C13H15F3N2OS. The van der Waals surface area contributed by atoms with E-state index in [9.17, 15) is 18.0 Å². The number of nitrogens with two attached hydrogens (primary N) is 1. The summed E-state index contributed by atoms with van der Waals surface area (Å²) >= 11 is 1.16. The number of nitrogen functional groups attached to an aromatic ring is 1. The summed E-state index contributed by atoms with van der Waals surface area (Å²) in [6.45, 7) is 1.71. The van der Waals surface area contributed by atoms with E-state index in [-0.39, 0.29) is 17.6 Å². The van der Waals surface area contributed by atoms with Gasteiger partial charge in [-0.15, -0.1) is 11.8 Å². The molecule has 110 valence electrons. The zero-order chi connectivity index (χ0) is 14.9. The predicted molar refractivity (Wildman–Crippen MR) is 72.3 cm³/mol. The SMILES string of the molecule is CC(Sc1ccc(C(F)(F)F)cc1N)C(=O)NC1CC1. The van der Waals surface area contributed by atoms with E-state index in [0.717, 1.165) is 36.7 Å². The van der Waals surface area contributed by atoms with Gasteiger partial charge in [0.2, 0.25) is 5.91 Å². The van der Waals surface area contributed by atoms with Gasteiger partial charge in [-0.25, -0.2) is 0 Å². The molecular weight excluding hydrogens is 289 g/mol. The standard InChI is InChI=1S/C13H15F3N2OS/c1-7(12(19)18-9-3-4-9)20-11-5-2-8(6-10(11)17)13(14,15)16/h2,5-7,9H,3-4,17H2,1H3,(H,18,19). The molecule has 1 fully saturated rings. The zero-order valence-electron chi connectivity index (χ0n) is 10.8. The maximum atomic E-state index is 12.5. The van der Waals surface area contributed by atoms with E-state index in [1.165, 1.54) is 6.07 Å². The molecule has 2 rings (SSSR count). The molecule has 0 bridgehead atoms. The minimum Gasteiger partial charge on any atom is -0.398 e. The number of amides is 1. The van der Waals surface area contributed by atoms with Crippen molar-refractivity contribution < 1.29 is 18.0 Å². The number of alkyl halides is 3. The van der Waals surface area contributed by atoms with Crippen molar-refractivity contribution >= 4 is 23.4 Å². The lowest BCUT2D eigenvalue weighted by Crippen LogP contribution is -2.32. The van der Waals surface area contributed by atoms with Crippen molar-refractivity contribution in [2.24, 2.45) is 0 Å². The molecule has 3 N–H and O–H groups in total. The van der Waals surface area contributed by atoms with Crippen molar-refractivity contribution in [3.05, 3.63) is 23.8 Å². The molecule has 1 aliphatic carbocycles. The average Bonchev–Trinajstić information content (AvgIpc) is 3.14. The third-order valence-electron chi connectivity index (χ3n) is 2.93. The van der Waals surface area contributed by atoms with E-state index < -0.39 is 17.0 Å². The summed E-state index contributed by atoms with van der Waals surface area (Å²) < 4.78 is 37.5. The summed E-state index contributed by atoms with van der Waals surface area (Å²) in [6.07, 6.45) is -2.43. The highest BCUT2D eigenvalue weighted by atomic mass is 32.2. The number of benzene rings is 1. The first-order valence-electron chi connectivity index (χ1n) is 6.21. The number of thioether (sulfide) groups is 1. The second-order valence-corrected chi connectivity index (χ2v) is 6.18. The lowest BCUT2D eigenvalue weighted by molar-refractivity contribution is -0.137. The Balaban J connectivity index is 2.03. The van der Waals surface area contributed by atoms with Crippen LogP contribution in [0.2, 0.25) is 0 Å². The van der Waals surface area contributed by atoms with Crippen LogP contribution < -0.4 is 11.1 Å². The molecule has 3 nitrogen and oxygen atoms in total. The van der Waals surface area contributed by atoms with Crippen molar-refractivity contribution in [1.29, 1.82) is 0 Å². The van der Waals surface area contributed by atoms with Crippen LogP contribution in [0.1, 0.15) is 25.3 Å². The summed E-state index contributed by atoms with van der Waals surface area (Å²) in [4.78, 5) is 12.3. The van der Waals surface area contributed by atoms with Gasteiger partial charge in [-0.05, 0) is 38.0 Å². The molecule has 0 spiro atoms. The summed E-state index contributed by atoms with van der Waals surface area (Å²) in [5.74, 6) is -0.114. The molecule has 1 unspecified atom stereocenters. The molecule has 0 radical (unpaired) electrons. The van der Waals surface area contributed by atoms with Gasteiger partial charge in [0.1, 0.15) is 0 Å². The third-order valence-corrected chi connectivity index (χ3v) is 4.13. The topological polar surface area (TPSA) is 55.1 Å². The van der Waals surface area contributed by atoms with Gasteiger partial charge < -0.3 is 11.1 Å². The van der Waals surface area contributed by atoms with Crippen molar-refractivity contribution in [3.8, 4) is 0 Å². The van der Waals surface area contributed by atoms with Gasteiger partial charge in [-0.2, -0.15) is 13.2 Å². The van der Waals surface area contributed by atoms with E-state index in [4.69, 9.17) is 5.73 Å². The highest BCUT2D eigenvalue weighted by Gasteiger charge is 2.31. The highest BCUT2D eigenvalue weighted by Crippen LogP contribution is 2.35. The van der Waals surface area contributed by atoms with Crippen LogP contribution in [0, 0.1) is 0 Å². The minimum absolute atomic E-state index is 0.0379. The van der Waals surface area contributed by atoms with E-state index >= 15 is 0 Å². The molecule has 0 aliphatic heterocycles. The lowest BCUT2D eigenvalue weighted by atomic mass is 10.2. The Morgan fingerprint density at radius 2 is 2.10 bits per heavy atom. The first-order valence-corrected chi connectivity index (χ1v) is 7.09. The highest BCUT2D eigenvalue weighted by molar-refractivity contribution is 8.00. The minimum atomic E-state index is -4.41. The number of anilines is 1. The molecule has 1 amide bonds.